The number of aromatic nitrogens is 1. The highest BCUT2D eigenvalue weighted by Gasteiger charge is 2.54. The minimum Gasteiger partial charge on any atom is -0.357 e. The first-order chi connectivity index (χ1) is 14.2. The van der Waals surface area contributed by atoms with Crippen molar-refractivity contribution in [1.29, 1.82) is 0 Å². The number of nitrogens with one attached hydrogen (secondary N) is 1. The van der Waals surface area contributed by atoms with Crippen molar-refractivity contribution in [3.8, 4) is 0 Å². The van der Waals surface area contributed by atoms with Gasteiger partial charge in [-0.25, -0.2) is 4.79 Å². The van der Waals surface area contributed by atoms with E-state index in [0.29, 0.717) is 6.42 Å². The summed E-state index contributed by atoms with van der Waals surface area (Å²) in [7, 11) is 2.94. The standard InChI is InChI=1S/C23H28N4O3/c1-23(2)12-27-10-9-14-13-7-5-6-8-16(13)24-19(14)17(27)11-15(23)18-20(28)25(3)22(30)26(4)21(18)29/h5-8,15,17-18,24H,9-12H2,1-4H3/t15-,17+/m1/s1. The number of barbiturate groups is 1. The van der Waals surface area contributed by atoms with Crippen LogP contribution in [0.15, 0.2) is 24.3 Å². The summed E-state index contributed by atoms with van der Waals surface area (Å²) in [5, 5.41) is 1.27. The van der Waals surface area contributed by atoms with Gasteiger partial charge in [-0.05, 0) is 35.8 Å². The van der Waals surface area contributed by atoms with Gasteiger partial charge >= 0.3 is 6.03 Å². The number of hydrogen-bond acceptors (Lipinski definition) is 4. The minimum atomic E-state index is -0.815. The smallest absolute Gasteiger partial charge is 0.332 e. The molecular formula is C23H28N4O3. The quantitative estimate of drug-likeness (QED) is 0.736. The van der Waals surface area contributed by atoms with E-state index in [4.69, 9.17) is 0 Å². The highest BCUT2D eigenvalue weighted by atomic mass is 16.2. The van der Waals surface area contributed by atoms with Crippen molar-refractivity contribution < 1.29 is 14.4 Å². The molecule has 2 saturated heterocycles. The Morgan fingerprint density at radius 2 is 1.70 bits per heavy atom. The van der Waals surface area contributed by atoms with Crippen LogP contribution in [-0.2, 0) is 16.0 Å². The van der Waals surface area contributed by atoms with E-state index in [0.717, 1.165) is 34.8 Å². The molecule has 30 heavy (non-hydrogen) atoms. The molecule has 2 aromatic rings. The van der Waals surface area contributed by atoms with Gasteiger partial charge in [0.1, 0.15) is 5.92 Å². The molecule has 3 aliphatic rings. The molecule has 7 nitrogen and oxygen atoms in total. The van der Waals surface area contributed by atoms with Crippen molar-refractivity contribution in [2.24, 2.45) is 17.3 Å². The van der Waals surface area contributed by atoms with Crippen LogP contribution in [0.1, 0.15) is 37.6 Å². The number of aromatic amines is 1. The fourth-order valence-corrected chi connectivity index (χ4v) is 5.89. The van der Waals surface area contributed by atoms with E-state index in [-0.39, 0.29) is 29.2 Å². The largest absolute Gasteiger partial charge is 0.357 e. The molecule has 0 saturated carbocycles. The Morgan fingerprint density at radius 3 is 2.40 bits per heavy atom. The Hall–Kier alpha value is -2.67. The number of para-hydroxylation sites is 1. The molecule has 4 amide bonds. The number of rotatable bonds is 1. The summed E-state index contributed by atoms with van der Waals surface area (Å²) in [6.45, 7) is 6.08. The number of H-pyrrole nitrogens is 1. The highest BCUT2D eigenvalue weighted by Crippen LogP contribution is 2.50. The van der Waals surface area contributed by atoms with Gasteiger partial charge in [0.25, 0.3) is 0 Å². The zero-order valence-electron chi connectivity index (χ0n) is 17.9. The monoisotopic (exact) mass is 408 g/mol. The fourth-order valence-electron chi connectivity index (χ4n) is 5.89. The first kappa shape index (κ1) is 19.3. The number of benzene rings is 1. The van der Waals surface area contributed by atoms with Crippen molar-refractivity contribution in [3.63, 3.8) is 0 Å². The van der Waals surface area contributed by atoms with E-state index in [9.17, 15) is 14.4 Å². The molecular weight excluding hydrogens is 380 g/mol. The van der Waals surface area contributed by atoms with Crippen LogP contribution in [-0.4, -0.2) is 64.7 Å². The third-order valence-electron chi connectivity index (χ3n) is 7.53. The number of hydrogen-bond donors (Lipinski definition) is 1. The zero-order valence-corrected chi connectivity index (χ0v) is 17.9. The van der Waals surface area contributed by atoms with E-state index in [1.165, 1.54) is 30.7 Å². The van der Waals surface area contributed by atoms with Crippen LogP contribution >= 0.6 is 0 Å². The summed E-state index contributed by atoms with van der Waals surface area (Å²) in [6, 6.07) is 7.97. The van der Waals surface area contributed by atoms with Gasteiger partial charge in [0, 0.05) is 43.8 Å². The zero-order chi connectivity index (χ0) is 21.4. The molecule has 3 aliphatic heterocycles. The Morgan fingerprint density at radius 1 is 1.03 bits per heavy atom. The summed E-state index contributed by atoms with van der Waals surface area (Å²) >= 11 is 0. The average molecular weight is 409 g/mol. The van der Waals surface area contributed by atoms with E-state index >= 15 is 0 Å². The van der Waals surface area contributed by atoms with Gasteiger partial charge in [0.05, 0.1) is 6.04 Å². The maximum Gasteiger partial charge on any atom is 0.332 e. The van der Waals surface area contributed by atoms with Crippen LogP contribution in [0.4, 0.5) is 4.79 Å². The van der Waals surface area contributed by atoms with Gasteiger partial charge in [0.15, 0.2) is 0 Å². The summed E-state index contributed by atoms with van der Waals surface area (Å²) in [6.07, 6.45) is 1.71. The predicted molar refractivity (Wildman–Crippen MR) is 113 cm³/mol. The van der Waals surface area contributed by atoms with Gasteiger partial charge in [0.2, 0.25) is 11.8 Å². The molecule has 0 aliphatic carbocycles. The first-order valence-electron chi connectivity index (χ1n) is 10.6. The Kier molecular flexibility index (Phi) is 4.13. The molecule has 0 bridgehead atoms. The SMILES string of the molecule is CN1C(=O)C([C@H]2C[C@H]3c4[nH]c5ccccc5c4CCN3CC2(C)C)C(=O)N(C)C1=O. The molecule has 0 radical (unpaired) electrons. The summed E-state index contributed by atoms with van der Waals surface area (Å²) < 4.78 is 0. The van der Waals surface area contributed by atoms with Crippen molar-refractivity contribution >= 4 is 28.7 Å². The number of fused-ring (bicyclic) bond motifs is 5. The van der Waals surface area contributed by atoms with Gasteiger partial charge in [-0.3, -0.25) is 24.3 Å². The van der Waals surface area contributed by atoms with E-state index in [2.05, 4.69) is 41.9 Å². The van der Waals surface area contributed by atoms with Gasteiger partial charge < -0.3 is 4.98 Å². The predicted octanol–water partition coefficient (Wildman–Crippen LogP) is 2.78. The molecule has 158 valence electrons. The Labute approximate surface area is 176 Å². The lowest BCUT2D eigenvalue weighted by Gasteiger charge is -2.53. The number of imide groups is 2. The first-order valence-corrected chi connectivity index (χ1v) is 10.6. The maximum atomic E-state index is 13.1. The van der Waals surface area contributed by atoms with E-state index < -0.39 is 11.9 Å². The van der Waals surface area contributed by atoms with Crippen molar-refractivity contribution in [2.75, 3.05) is 27.2 Å². The van der Waals surface area contributed by atoms with Crippen molar-refractivity contribution in [1.82, 2.24) is 19.7 Å². The molecule has 1 N–H and O–H groups in total. The summed E-state index contributed by atoms with van der Waals surface area (Å²) in [5.41, 5.74) is 3.49. The number of carbonyl (C=O) groups is 3. The summed E-state index contributed by atoms with van der Waals surface area (Å²) in [4.78, 5) is 46.7. The van der Waals surface area contributed by atoms with E-state index in [1.807, 2.05) is 6.07 Å². The minimum absolute atomic E-state index is 0.144. The Balaban J connectivity index is 1.55. The molecule has 2 fully saturated rings. The lowest BCUT2D eigenvalue weighted by Crippen LogP contribution is -2.62. The number of piperidine rings is 1. The van der Waals surface area contributed by atoms with Gasteiger partial charge in [-0.15, -0.1) is 0 Å². The molecule has 0 unspecified atom stereocenters. The number of urea groups is 1. The van der Waals surface area contributed by atoms with Crippen molar-refractivity contribution in [3.05, 3.63) is 35.5 Å². The van der Waals surface area contributed by atoms with Crippen LogP contribution in [0.25, 0.3) is 10.9 Å². The second kappa shape index (κ2) is 6.41. The highest BCUT2D eigenvalue weighted by molar-refractivity contribution is 6.16. The molecule has 1 aromatic carbocycles. The van der Waals surface area contributed by atoms with Crippen LogP contribution < -0.4 is 0 Å². The number of amides is 4. The molecule has 0 spiro atoms. The molecule has 7 heteroatoms. The second-order valence-corrected chi connectivity index (χ2v) is 9.68. The van der Waals surface area contributed by atoms with Crippen LogP contribution in [0.2, 0.25) is 0 Å². The number of nitrogens with zero attached hydrogens (tertiary/aromatic N) is 3. The van der Waals surface area contributed by atoms with Crippen LogP contribution in [0, 0.1) is 17.3 Å². The topological polar surface area (TPSA) is 76.7 Å². The fraction of sp³-hybridized carbons (Fsp3) is 0.522. The molecule has 1 aromatic heterocycles. The normalized spacial score (nSPS) is 27.5. The van der Waals surface area contributed by atoms with Crippen LogP contribution in [0.5, 0.6) is 0 Å². The average Bonchev–Trinajstić information content (AvgIpc) is 3.10. The van der Waals surface area contributed by atoms with Crippen molar-refractivity contribution in [2.45, 2.75) is 32.7 Å². The molecule has 2 atom stereocenters. The van der Waals surface area contributed by atoms with Gasteiger partial charge in [-0.2, -0.15) is 0 Å². The lowest BCUT2D eigenvalue weighted by atomic mass is 9.64. The lowest BCUT2D eigenvalue weighted by molar-refractivity contribution is -0.156. The Bertz CT molecular complexity index is 1050. The second-order valence-electron chi connectivity index (χ2n) is 9.68. The van der Waals surface area contributed by atoms with Gasteiger partial charge in [-0.1, -0.05) is 32.0 Å². The molecule has 5 rings (SSSR count). The number of carbonyl (C=O) groups excluding carboxylic acids is 3. The maximum absolute atomic E-state index is 13.1. The third-order valence-corrected chi connectivity index (χ3v) is 7.53. The van der Waals surface area contributed by atoms with E-state index in [1.54, 1.807) is 0 Å². The summed E-state index contributed by atoms with van der Waals surface area (Å²) in [5.74, 6) is -1.71. The molecule has 4 heterocycles. The third kappa shape index (κ3) is 2.57. The van der Waals surface area contributed by atoms with Crippen LogP contribution in [0.3, 0.4) is 0 Å².